The summed E-state index contributed by atoms with van der Waals surface area (Å²) in [6, 6.07) is 7.78. The third-order valence-electron chi connectivity index (χ3n) is 12.8. The van der Waals surface area contributed by atoms with E-state index in [1.807, 2.05) is 44.2 Å². The Labute approximate surface area is 295 Å². The van der Waals surface area contributed by atoms with E-state index in [4.69, 9.17) is 28.4 Å². The van der Waals surface area contributed by atoms with E-state index in [9.17, 15) is 24.3 Å². The standard InChI is InChI=1S/C39H54O11/c1-22(28-12-10-11-13-29(28)45-9)19-39(44)23(2)18-32(48-25(4)41)37(8)30(39)14-15-36(7)31-20-46-21-38(31,16-17-47-24(3)40)35(50-27(6)43)33(34(36)37)49-26(5)42/h10-13,18,22,30-35,44H,14-17,19-21H2,1-9H3/t22-,30+,31-,32+,33-,34?,35-,36-,37+,38-,39+/m0/s1. The second kappa shape index (κ2) is 13.9. The monoisotopic (exact) mass is 698 g/mol. The molecule has 276 valence electrons. The number of esters is 4. The van der Waals surface area contributed by atoms with Crippen LogP contribution in [0.4, 0.5) is 0 Å². The first kappa shape index (κ1) is 37.8. The van der Waals surface area contributed by atoms with Crippen LogP contribution >= 0.6 is 0 Å². The van der Waals surface area contributed by atoms with Gasteiger partial charge >= 0.3 is 23.9 Å². The summed E-state index contributed by atoms with van der Waals surface area (Å²) in [6.07, 6.45) is 0.983. The van der Waals surface area contributed by atoms with Crippen LogP contribution in [0.15, 0.2) is 35.9 Å². The van der Waals surface area contributed by atoms with Crippen molar-refractivity contribution in [1.82, 2.24) is 0 Å². The molecular weight excluding hydrogens is 644 g/mol. The molecule has 0 aromatic heterocycles. The van der Waals surface area contributed by atoms with Crippen molar-refractivity contribution in [2.24, 2.45) is 34.0 Å². The fourth-order valence-electron chi connectivity index (χ4n) is 10.9. The molecule has 0 radical (unpaired) electrons. The minimum absolute atomic E-state index is 0.0684. The Morgan fingerprint density at radius 2 is 1.62 bits per heavy atom. The highest BCUT2D eigenvalue weighted by atomic mass is 16.6. The molecule has 1 aromatic rings. The third-order valence-corrected chi connectivity index (χ3v) is 12.8. The molecule has 0 bridgehead atoms. The van der Waals surface area contributed by atoms with E-state index in [1.165, 1.54) is 27.7 Å². The molecule has 11 heteroatoms. The summed E-state index contributed by atoms with van der Waals surface area (Å²) in [7, 11) is 1.63. The molecule has 4 aliphatic rings. The molecule has 1 aromatic carbocycles. The van der Waals surface area contributed by atoms with E-state index < -0.39 is 75.9 Å². The Morgan fingerprint density at radius 1 is 0.960 bits per heavy atom. The van der Waals surface area contributed by atoms with Crippen LogP contribution in [0.5, 0.6) is 5.75 Å². The van der Waals surface area contributed by atoms with Crippen LogP contribution in [0.2, 0.25) is 0 Å². The summed E-state index contributed by atoms with van der Waals surface area (Å²) in [5.74, 6) is -2.63. The SMILES string of the molecule is COc1ccccc1[C@@H](C)C[C@@]1(O)C(C)=C[C@@H](OC(C)=O)[C@]2(C)C3[C@H](OC(C)=O)[C@H](OC(C)=O)[C@@]4(CCOC(C)=O)COC[C@H]4[C@]3(C)CC[C@H]21. The number of hydrogen-bond donors (Lipinski definition) is 1. The number of rotatable bonds is 10. The Balaban J connectivity index is 1.71. The Morgan fingerprint density at radius 3 is 2.24 bits per heavy atom. The van der Waals surface area contributed by atoms with Gasteiger partial charge in [0, 0.05) is 50.4 Å². The Hall–Kier alpha value is -3.44. The topological polar surface area (TPSA) is 144 Å². The highest BCUT2D eigenvalue weighted by Gasteiger charge is 2.76. The number of hydrogen-bond acceptors (Lipinski definition) is 11. The van der Waals surface area contributed by atoms with Gasteiger partial charge in [-0.2, -0.15) is 0 Å². The van der Waals surface area contributed by atoms with E-state index in [0.29, 0.717) is 37.9 Å². The van der Waals surface area contributed by atoms with E-state index >= 15 is 0 Å². The van der Waals surface area contributed by atoms with Gasteiger partial charge in [0.05, 0.1) is 32.5 Å². The second-order valence-corrected chi connectivity index (χ2v) is 15.6. The summed E-state index contributed by atoms with van der Waals surface area (Å²) in [6.45, 7) is 14.1. The van der Waals surface area contributed by atoms with Gasteiger partial charge in [0.15, 0.2) is 0 Å². The molecule has 0 spiro atoms. The van der Waals surface area contributed by atoms with Crippen molar-refractivity contribution in [3.63, 3.8) is 0 Å². The first-order valence-electron chi connectivity index (χ1n) is 17.7. The Kier molecular flexibility index (Phi) is 10.5. The second-order valence-electron chi connectivity index (χ2n) is 15.6. The lowest BCUT2D eigenvalue weighted by molar-refractivity contribution is -0.287. The zero-order valence-corrected chi connectivity index (χ0v) is 30.9. The molecular formula is C39H54O11. The lowest BCUT2D eigenvalue weighted by Crippen LogP contribution is -2.74. The lowest BCUT2D eigenvalue weighted by Gasteiger charge is -2.70. The van der Waals surface area contributed by atoms with Crippen molar-refractivity contribution in [2.45, 2.75) is 111 Å². The predicted octanol–water partition coefficient (Wildman–Crippen LogP) is 5.31. The predicted molar refractivity (Wildman–Crippen MR) is 182 cm³/mol. The van der Waals surface area contributed by atoms with Gasteiger partial charge in [0.1, 0.15) is 24.1 Å². The number of fused-ring (bicyclic) bond motifs is 5. The molecule has 5 rings (SSSR count). The first-order chi connectivity index (χ1) is 23.4. The number of methoxy groups -OCH3 is 1. The van der Waals surface area contributed by atoms with Crippen molar-refractivity contribution >= 4 is 23.9 Å². The molecule has 3 fully saturated rings. The van der Waals surface area contributed by atoms with Crippen molar-refractivity contribution < 1.29 is 52.7 Å². The largest absolute Gasteiger partial charge is 0.496 e. The van der Waals surface area contributed by atoms with Crippen LogP contribution in [0.3, 0.4) is 0 Å². The fraction of sp³-hybridized carbons (Fsp3) is 0.692. The van der Waals surface area contributed by atoms with Crippen LogP contribution in [0.1, 0.15) is 92.6 Å². The molecule has 1 aliphatic heterocycles. The maximum Gasteiger partial charge on any atom is 0.303 e. The van der Waals surface area contributed by atoms with Crippen molar-refractivity contribution in [3.05, 3.63) is 41.5 Å². The summed E-state index contributed by atoms with van der Waals surface area (Å²) in [4.78, 5) is 50.6. The summed E-state index contributed by atoms with van der Waals surface area (Å²) < 4.78 is 36.0. The van der Waals surface area contributed by atoms with Gasteiger partial charge in [0.25, 0.3) is 0 Å². The first-order valence-corrected chi connectivity index (χ1v) is 17.7. The van der Waals surface area contributed by atoms with Crippen molar-refractivity contribution in [2.75, 3.05) is 26.9 Å². The van der Waals surface area contributed by atoms with E-state index in [2.05, 4.69) is 13.8 Å². The fourth-order valence-corrected chi connectivity index (χ4v) is 10.9. The zero-order chi connectivity index (χ0) is 36.8. The highest BCUT2D eigenvalue weighted by Crippen LogP contribution is 2.72. The molecule has 1 unspecified atom stereocenters. The van der Waals surface area contributed by atoms with Crippen LogP contribution in [0, 0.1) is 34.0 Å². The van der Waals surface area contributed by atoms with Gasteiger partial charge in [-0.1, -0.05) is 39.0 Å². The zero-order valence-electron chi connectivity index (χ0n) is 30.9. The van der Waals surface area contributed by atoms with Crippen LogP contribution in [-0.2, 0) is 42.9 Å². The van der Waals surface area contributed by atoms with Gasteiger partial charge in [-0.25, -0.2) is 0 Å². The quantitative estimate of drug-likeness (QED) is 0.193. The maximum absolute atomic E-state index is 13.1. The molecule has 1 heterocycles. The molecule has 3 aliphatic carbocycles. The van der Waals surface area contributed by atoms with Gasteiger partial charge < -0.3 is 33.5 Å². The number of benzene rings is 1. The van der Waals surface area contributed by atoms with E-state index in [0.717, 1.165) is 11.3 Å². The van der Waals surface area contributed by atoms with Gasteiger partial charge in [-0.3, -0.25) is 19.2 Å². The highest BCUT2D eigenvalue weighted by molar-refractivity contribution is 5.68. The van der Waals surface area contributed by atoms with Gasteiger partial charge in [-0.15, -0.1) is 0 Å². The van der Waals surface area contributed by atoms with Crippen molar-refractivity contribution in [1.29, 1.82) is 0 Å². The molecule has 2 saturated carbocycles. The lowest BCUT2D eigenvalue weighted by atomic mass is 9.36. The van der Waals surface area contributed by atoms with Gasteiger partial charge in [-0.05, 0) is 73.1 Å². The summed E-state index contributed by atoms with van der Waals surface area (Å²) in [5, 5.41) is 13.1. The maximum atomic E-state index is 13.1. The number of aliphatic hydroxyl groups is 1. The number of carbonyl (C=O) groups excluding carboxylic acids is 4. The molecule has 50 heavy (non-hydrogen) atoms. The third kappa shape index (κ3) is 6.22. The summed E-state index contributed by atoms with van der Waals surface area (Å²) in [5.41, 5.74) is -2.14. The number of ether oxygens (including phenoxy) is 6. The van der Waals surface area contributed by atoms with Gasteiger partial charge in [0.2, 0.25) is 0 Å². The van der Waals surface area contributed by atoms with Crippen molar-refractivity contribution in [3.8, 4) is 5.75 Å². The average Bonchev–Trinajstić information content (AvgIpc) is 3.47. The van der Waals surface area contributed by atoms with Crippen LogP contribution in [-0.4, -0.2) is 79.8 Å². The normalized spacial score (nSPS) is 37.9. The average molecular weight is 699 g/mol. The van der Waals surface area contributed by atoms with E-state index in [-0.39, 0.29) is 25.0 Å². The summed E-state index contributed by atoms with van der Waals surface area (Å²) >= 11 is 0. The molecule has 11 atom stereocenters. The molecule has 0 amide bonds. The smallest absolute Gasteiger partial charge is 0.303 e. The number of carbonyl (C=O) groups is 4. The minimum Gasteiger partial charge on any atom is -0.496 e. The molecule has 1 N–H and O–H groups in total. The molecule has 1 saturated heterocycles. The molecule has 11 nitrogen and oxygen atoms in total. The van der Waals surface area contributed by atoms with Crippen LogP contribution < -0.4 is 4.74 Å². The minimum atomic E-state index is -1.35. The van der Waals surface area contributed by atoms with E-state index in [1.54, 1.807) is 7.11 Å². The number of para-hydroxylation sites is 1. The van der Waals surface area contributed by atoms with Crippen LogP contribution in [0.25, 0.3) is 0 Å². The Bertz CT molecular complexity index is 1520.